The third-order valence-corrected chi connectivity index (χ3v) is 6.07. The monoisotopic (exact) mass is 417 g/mol. The van der Waals surface area contributed by atoms with Crippen LogP contribution in [0.2, 0.25) is 0 Å². The van der Waals surface area contributed by atoms with E-state index in [0.717, 1.165) is 59.7 Å². The Morgan fingerprint density at radius 1 is 1.16 bits per heavy atom. The van der Waals surface area contributed by atoms with Crippen molar-refractivity contribution < 1.29 is 9.53 Å². The lowest BCUT2D eigenvalue weighted by Gasteiger charge is -2.32. The number of para-hydroxylation sites is 1. The van der Waals surface area contributed by atoms with Crippen LogP contribution >= 0.6 is 0 Å². The molecule has 0 unspecified atom stereocenters. The van der Waals surface area contributed by atoms with Gasteiger partial charge in [-0.3, -0.25) is 0 Å². The predicted molar refractivity (Wildman–Crippen MR) is 124 cm³/mol. The summed E-state index contributed by atoms with van der Waals surface area (Å²) in [5.41, 5.74) is 10.7. The number of carbonyl (C=O) groups excluding carboxylic acids is 1. The first-order chi connectivity index (χ1) is 15.1. The molecule has 3 heterocycles. The predicted octanol–water partition coefficient (Wildman–Crippen LogP) is 3.86. The van der Waals surface area contributed by atoms with Crippen LogP contribution in [0.15, 0.2) is 48.5 Å². The maximum atomic E-state index is 12.1. The van der Waals surface area contributed by atoms with Crippen LogP contribution in [0.25, 0.3) is 10.9 Å². The number of aromatic nitrogens is 1. The maximum Gasteiger partial charge on any atom is 0.338 e. The van der Waals surface area contributed by atoms with Crippen molar-refractivity contribution in [1.29, 1.82) is 0 Å². The molecule has 31 heavy (non-hydrogen) atoms. The number of benzene rings is 2. The number of nitrogens with two attached hydrogens (primary N) is 1. The van der Waals surface area contributed by atoms with E-state index in [0.29, 0.717) is 24.9 Å². The Morgan fingerprint density at radius 3 is 2.81 bits per heavy atom. The number of ether oxygens (including phenoxy) is 1. The molecule has 2 aliphatic rings. The summed E-state index contributed by atoms with van der Waals surface area (Å²) in [6.07, 6.45) is 2.00. The quantitative estimate of drug-likeness (QED) is 0.624. The molecular formula is C24H27N5O2. The molecule has 0 aliphatic carbocycles. The van der Waals surface area contributed by atoms with Crippen LogP contribution in [-0.2, 0) is 4.74 Å². The third kappa shape index (κ3) is 3.65. The first-order valence-corrected chi connectivity index (χ1v) is 10.9. The zero-order chi connectivity index (χ0) is 21.4. The molecule has 160 valence electrons. The van der Waals surface area contributed by atoms with Crippen LogP contribution in [0.5, 0.6) is 0 Å². The van der Waals surface area contributed by atoms with Gasteiger partial charge in [0, 0.05) is 24.5 Å². The number of anilines is 4. The van der Waals surface area contributed by atoms with E-state index in [9.17, 15) is 4.79 Å². The molecule has 0 atom stereocenters. The summed E-state index contributed by atoms with van der Waals surface area (Å²) < 4.78 is 5.12. The van der Waals surface area contributed by atoms with Gasteiger partial charge in [0.1, 0.15) is 5.82 Å². The van der Waals surface area contributed by atoms with E-state index < -0.39 is 0 Å². The average Bonchev–Trinajstić information content (AvgIpc) is 3.22. The smallest absolute Gasteiger partial charge is 0.338 e. The Bertz CT molecular complexity index is 1120. The highest BCUT2D eigenvalue weighted by Crippen LogP contribution is 2.38. The topological polar surface area (TPSA) is 83.7 Å². The van der Waals surface area contributed by atoms with Crippen molar-refractivity contribution >= 4 is 39.8 Å². The van der Waals surface area contributed by atoms with Crippen molar-refractivity contribution in [3.8, 4) is 0 Å². The van der Waals surface area contributed by atoms with Gasteiger partial charge < -0.3 is 25.6 Å². The molecule has 2 aromatic carbocycles. The van der Waals surface area contributed by atoms with E-state index in [1.54, 1.807) is 6.07 Å². The highest BCUT2D eigenvalue weighted by Gasteiger charge is 2.24. The number of rotatable bonds is 4. The van der Waals surface area contributed by atoms with Crippen LogP contribution < -0.4 is 20.9 Å². The fourth-order valence-electron chi connectivity index (χ4n) is 4.38. The molecule has 0 spiro atoms. The van der Waals surface area contributed by atoms with Gasteiger partial charge in [0.25, 0.3) is 0 Å². The van der Waals surface area contributed by atoms with Gasteiger partial charge in [0.2, 0.25) is 0 Å². The third-order valence-electron chi connectivity index (χ3n) is 6.07. The highest BCUT2D eigenvalue weighted by molar-refractivity contribution is 5.95. The number of hydrogen-bond donors (Lipinski definition) is 2. The van der Waals surface area contributed by atoms with E-state index in [2.05, 4.69) is 39.4 Å². The molecule has 3 N–H and O–H groups in total. The van der Waals surface area contributed by atoms with Crippen molar-refractivity contribution in [1.82, 2.24) is 4.98 Å². The van der Waals surface area contributed by atoms with Crippen molar-refractivity contribution in [2.75, 3.05) is 41.5 Å². The van der Waals surface area contributed by atoms with Crippen molar-refractivity contribution in [3.63, 3.8) is 0 Å². The lowest BCUT2D eigenvalue weighted by atomic mass is 10.0. The summed E-state index contributed by atoms with van der Waals surface area (Å²) in [6.45, 7) is 4.68. The Kier molecular flexibility index (Phi) is 5.11. The van der Waals surface area contributed by atoms with E-state index in [4.69, 9.17) is 15.5 Å². The second kappa shape index (κ2) is 8.07. The molecule has 0 radical (unpaired) electrons. The van der Waals surface area contributed by atoms with Gasteiger partial charge in [-0.05, 0) is 56.2 Å². The number of piperidine rings is 1. The van der Waals surface area contributed by atoms with Crippen LogP contribution in [0.1, 0.15) is 30.1 Å². The minimum absolute atomic E-state index is 0.293. The van der Waals surface area contributed by atoms with Crippen molar-refractivity contribution in [2.24, 2.45) is 5.73 Å². The lowest BCUT2D eigenvalue weighted by molar-refractivity contribution is 0.0526. The lowest BCUT2D eigenvalue weighted by Crippen LogP contribution is -2.39. The Balaban J connectivity index is 1.48. The second-order valence-corrected chi connectivity index (χ2v) is 8.06. The minimum Gasteiger partial charge on any atom is -0.462 e. The number of carbonyl (C=O) groups is 1. The summed E-state index contributed by atoms with van der Waals surface area (Å²) in [6, 6.07) is 16.4. The zero-order valence-electron chi connectivity index (χ0n) is 17.7. The van der Waals surface area contributed by atoms with Gasteiger partial charge in [0.15, 0.2) is 0 Å². The van der Waals surface area contributed by atoms with Crippen molar-refractivity contribution in [2.45, 2.75) is 25.8 Å². The molecule has 3 aromatic rings. The molecule has 2 aliphatic heterocycles. The number of nitrogens with one attached hydrogen (secondary N) is 1. The van der Waals surface area contributed by atoms with E-state index >= 15 is 0 Å². The SMILES string of the molecule is CCOC(=O)c1ccc2c(c1)NCN2c1ccc2cccc(N3CCC(N)CC3)c2n1. The van der Waals surface area contributed by atoms with Crippen LogP contribution in [0, 0.1) is 0 Å². The van der Waals surface area contributed by atoms with E-state index in [-0.39, 0.29) is 5.97 Å². The number of hydrogen-bond acceptors (Lipinski definition) is 7. The summed E-state index contributed by atoms with van der Waals surface area (Å²) in [5.74, 6) is 0.573. The number of pyridine rings is 1. The molecule has 0 bridgehead atoms. The first-order valence-electron chi connectivity index (χ1n) is 10.9. The highest BCUT2D eigenvalue weighted by atomic mass is 16.5. The first kappa shape index (κ1) is 19.6. The molecule has 1 saturated heterocycles. The number of fused-ring (bicyclic) bond motifs is 2. The molecule has 1 fully saturated rings. The Morgan fingerprint density at radius 2 is 2.00 bits per heavy atom. The van der Waals surface area contributed by atoms with Crippen LogP contribution in [0.4, 0.5) is 22.9 Å². The Hall–Kier alpha value is -3.32. The van der Waals surface area contributed by atoms with E-state index in [1.165, 1.54) is 0 Å². The van der Waals surface area contributed by atoms with Crippen LogP contribution in [0.3, 0.4) is 0 Å². The second-order valence-electron chi connectivity index (χ2n) is 8.06. The zero-order valence-corrected chi connectivity index (χ0v) is 17.7. The molecule has 7 nitrogen and oxygen atoms in total. The summed E-state index contributed by atoms with van der Waals surface area (Å²) in [5, 5.41) is 4.50. The van der Waals surface area contributed by atoms with Crippen LogP contribution in [-0.4, -0.2) is 43.4 Å². The number of esters is 1. The van der Waals surface area contributed by atoms with E-state index in [1.807, 2.05) is 25.1 Å². The number of nitrogens with zero attached hydrogens (tertiary/aromatic N) is 3. The fraction of sp³-hybridized carbons (Fsp3) is 0.333. The molecule has 1 aromatic heterocycles. The van der Waals surface area contributed by atoms with Gasteiger partial charge in [-0.25, -0.2) is 9.78 Å². The van der Waals surface area contributed by atoms with Gasteiger partial charge in [-0.15, -0.1) is 0 Å². The summed E-state index contributed by atoms with van der Waals surface area (Å²) in [4.78, 5) is 21.6. The summed E-state index contributed by atoms with van der Waals surface area (Å²) in [7, 11) is 0. The van der Waals surface area contributed by atoms with Crippen molar-refractivity contribution in [3.05, 3.63) is 54.1 Å². The summed E-state index contributed by atoms with van der Waals surface area (Å²) >= 11 is 0. The minimum atomic E-state index is -0.305. The normalized spacial score (nSPS) is 16.3. The fourth-order valence-corrected chi connectivity index (χ4v) is 4.38. The molecule has 5 rings (SSSR count). The largest absolute Gasteiger partial charge is 0.462 e. The average molecular weight is 418 g/mol. The Labute approximate surface area is 181 Å². The standard InChI is InChI=1S/C24H27N5O2/c1-2-31-24(30)17-6-8-20-19(14-17)26-15-29(20)22-9-7-16-4-3-5-21(23(16)27-22)28-12-10-18(25)11-13-28/h3-9,14,18,26H,2,10-13,15,25H2,1H3. The van der Waals surface area contributed by atoms with Gasteiger partial charge in [-0.1, -0.05) is 12.1 Å². The molecule has 7 heteroatoms. The van der Waals surface area contributed by atoms with Gasteiger partial charge in [0.05, 0.1) is 41.4 Å². The molecule has 0 amide bonds. The van der Waals surface area contributed by atoms with Gasteiger partial charge >= 0.3 is 5.97 Å². The molecular weight excluding hydrogens is 390 g/mol. The molecule has 0 saturated carbocycles. The van der Waals surface area contributed by atoms with Gasteiger partial charge in [-0.2, -0.15) is 0 Å². The maximum absolute atomic E-state index is 12.1.